The number of rotatable bonds is 6. The number of hydrogen-bond acceptors (Lipinski definition) is 3. The van der Waals surface area contributed by atoms with Crippen molar-refractivity contribution in [3.63, 3.8) is 0 Å². The number of nitrogens with zero attached hydrogens (tertiary/aromatic N) is 3. The number of likely N-dealkylation sites (tertiary alicyclic amines) is 1. The van der Waals surface area contributed by atoms with Crippen molar-refractivity contribution >= 4 is 16.9 Å². The smallest absolute Gasteiger partial charge is 0.329 e. The van der Waals surface area contributed by atoms with Crippen LogP contribution >= 0.6 is 0 Å². The molecule has 2 N–H and O–H groups in total. The summed E-state index contributed by atoms with van der Waals surface area (Å²) < 4.78 is 3.37. The van der Waals surface area contributed by atoms with Gasteiger partial charge in [0.15, 0.2) is 0 Å². The number of imidazole rings is 1. The molecule has 1 saturated heterocycles. The molecule has 3 aromatic carbocycles. The van der Waals surface area contributed by atoms with E-state index in [1.165, 1.54) is 15.7 Å². The molecule has 33 heavy (non-hydrogen) atoms. The molecule has 1 fully saturated rings. The van der Waals surface area contributed by atoms with E-state index in [9.17, 15) is 9.59 Å². The fourth-order valence-electron chi connectivity index (χ4n) is 5.18. The Morgan fingerprint density at radius 3 is 1.88 bits per heavy atom. The predicted molar refractivity (Wildman–Crippen MR) is 130 cm³/mol. The van der Waals surface area contributed by atoms with Gasteiger partial charge in [-0.25, -0.2) is 4.79 Å². The van der Waals surface area contributed by atoms with Gasteiger partial charge < -0.3 is 5.73 Å². The second-order valence-electron chi connectivity index (χ2n) is 8.68. The van der Waals surface area contributed by atoms with E-state index in [4.69, 9.17) is 5.73 Å². The number of benzene rings is 3. The highest BCUT2D eigenvalue weighted by atomic mass is 16.2. The minimum Gasteiger partial charge on any atom is -0.368 e. The summed E-state index contributed by atoms with van der Waals surface area (Å²) in [6.45, 7) is 1.65. The Balaban J connectivity index is 1.44. The molecule has 0 saturated carbocycles. The van der Waals surface area contributed by atoms with Crippen LogP contribution in [0.5, 0.6) is 0 Å². The zero-order chi connectivity index (χ0) is 22.8. The molecular weight excluding hydrogens is 412 g/mol. The number of nitrogens with two attached hydrogens (primary N) is 1. The maximum Gasteiger partial charge on any atom is 0.329 e. The van der Waals surface area contributed by atoms with E-state index in [0.717, 1.165) is 37.0 Å². The number of primary amides is 1. The first-order chi connectivity index (χ1) is 16.1. The summed E-state index contributed by atoms with van der Waals surface area (Å²) in [4.78, 5) is 27.4. The Bertz CT molecular complexity index is 1260. The molecule has 1 aliphatic heterocycles. The minimum atomic E-state index is -0.511. The summed E-state index contributed by atoms with van der Waals surface area (Å²) >= 11 is 0. The summed E-state index contributed by atoms with van der Waals surface area (Å²) in [6, 6.07) is 29.1. The average Bonchev–Trinajstić information content (AvgIpc) is 3.12. The Morgan fingerprint density at radius 1 is 0.818 bits per heavy atom. The van der Waals surface area contributed by atoms with Gasteiger partial charge in [0.2, 0.25) is 5.91 Å². The zero-order valence-electron chi connectivity index (χ0n) is 18.5. The molecule has 6 nitrogen and oxygen atoms in total. The van der Waals surface area contributed by atoms with E-state index in [1.807, 2.05) is 41.0 Å². The van der Waals surface area contributed by atoms with Crippen LogP contribution in [-0.2, 0) is 11.3 Å². The first-order valence-corrected chi connectivity index (χ1v) is 11.5. The third-order valence-electron chi connectivity index (χ3n) is 6.64. The minimum absolute atomic E-state index is 0.0833. The van der Waals surface area contributed by atoms with Crippen molar-refractivity contribution in [2.45, 2.75) is 31.5 Å². The van der Waals surface area contributed by atoms with Gasteiger partial charge in [0.1, 0.15) is 6.54 Å². The third-order valence-corrected chi connectivity index (χ3v) is 6.64. The monoisotopic (exact) mass is 440 g/mol. The number of hydrogen-bond donors (Lipinski definition) is 1. The van der Waals surface area contributed by atoms with Gasteiger partial charge in [0.25, 0.3) is 0 Å². The maximum absolute atomic E-state index is 13.3. The third kappa shape index (κ3) is 4.10. The van der Waals surface area contributed by atoms with E-state index in [1.54, 1.807) is 0 Å². The molecule has 1 aromatic heterocycles. The van der Waals surface area contributed by atoms with Crippen molar-refractivity contribution < 1.29 is 4.79 Å². The predicted octanol–water partition coefficient (Wildman–Crippen LogP) is 3.71. The van der Waals surface area contributed by atoms with Gasteiger partial charge in [-0.05, 0) is 36.1 Å². The molecule has 4 aromatic rings. The first kappa shape index (κ1) is 21.2. The summed E-state index contributed by atoms with van der Waals surface area (Å²) in [6.07, 6.45) is 1.72. The summed E-state index contributed by atoms with van der Waals surface area (Å²) in [5.74, 6) is -0.511. The quantitative estimate of drug-likeness (QED) is 0.497. The number of carbonyl (C=O) groups excluding carboxylic acids is 1. The number of piperidine rings is 1. The van der Waals surface area contributed by atoms with E-state index >= 15 is 0 Å². The fraction of sp³-hybridized carbons (Fsp3) is 0.259. The van der Waals surface area contributed by atoms with Crippen LogP contribution in [0.3, 0.4) is 0 Å². The average molecular weight is 441 g/mol. The van der Waals surface area contributed by atoms with Gasteiger partial charge in [-0.15, -0.1) is 0 Å². The molecule has 1 aliphatic rings. The molecule has 168 valence electrons. The molecule has 1 amide bonds. The summed E-state index contributed by atoms with van der Waals surface area (Å²) in [7, 11) is 0. The van der Waals surface area contributed by atoms with Gasteiger partial charge in [-0.2, -0.15) is 0 Å². The van der Waals surface area contributed by atoms with Crippen LogP contribution in [0, 0.1) is 0 Å². The Hall–Kier alpha value is -3.64. The lowest BCUT2D eigenvalue weighted by molar-refractivity contribution is -0.118. The lowest BCUT2D eigenvalue weighted by Gasteiger charge is -2.38. The number of aromatic nitrogens is 2. The molecule has 0 spiro atoms. The Kier molecular flexibility index (Phi) is 5.84. The van der Waals surface area contributed by atoms with Crippen LogP contribution in [0.1, 0.15) is 36.1 Å². The number of amides is 1. The largest absolute Gasteiger partial charge is 0.368 e. The van der Waals surface area contributed by atoms with Crippen molar-refractivity contribution in [1.82, 2.24) is 14.0 Å². The van der Waals surface area contributed by atoms with E-state index in [0.29, 0.717) is 0 Å². The van der Waals surface area contributed by atoms with Crippen molar-refractivity contribution in [3.05, 3.63) is 107 Å². The van der Waals surface area contributed by atoms with Crippen LogP contribution in [0.2, 0.25) is 0 Å². The second-order valence-corrected chi connectivity index (χ2v) is 8.68. The molecule has 6 heteroatoms. The van der Waals surface area contributed by atoms with Crippen LogP contribution in [0.15, 0.2) is 89.7 Å². The van der Waals surface area contributed by atoms with E-state index in [-0.39, 0.29) is 24.3 Å². The number of para-hydroxylation sites is 2. The number of fused-ring (bicyclic) bond motifs is 1. The molecular formula is C27H28N4O2. The number of carbonyl (C=O) groups is 1. The lowest BCUT2D eigenvalue weighted by atomic mass is 9.94. The summed E-state index contributed by atoms with van der Waals surface area (Å²) in [5.41, 5.74) is 9.44. The molecule has 2 heterocycles. The van der Waals surface area contributed by atoms with Crippen molar-refractivity contribution in [3.8, 4) is 0 Å². The molecule has 0 aliphatic carbocycles. The standard InChI is InChI=1S/C27H28N4O2/c28-25(32)19-30-23-13-7-8-14-24(23)31(27(30)33)22-15-17-29(18-16-22)26(20-9-3-1-4-10-20)21-11-5-2-6-12-21/h1-14,22,26H,15-19H2,(H2,28,32). The van der Waals surface area contributed by atoms with Gasteiger partial charge in [-0.1, -0.05) is 72.8 Å². The van der Waals surface area contributed by atoms with Crippen molar-refractivity contribution in [2.75, 3.05) is 13.1 Å². The van der Waals surface area contributed by atoms with Crippen molar-refractivity contribution in [1.29, 1.82) is 0 Å². The topological polar surface area (TPSA) is 73.3 Å². The van der Waals surface area contributed by atoms with Crippen LogP contribution in [-0.4, -0.2) is 33.0 Å². The molecule has 5 rings (SSSR count). The molecule has 0 atom stereocenters. The molecule has 0 unspecified atom stereocenters. The molecule has 0 bridgehead atoms. The van der Waals surface area contributed by atoms with Gasteiger partial charge in [0, 0.05) is 19.1 Å². The van der Waals surface area contributed by atoms with Crippen LogP contribution in [0.4, 0.5) is 0 Å². The summed E-state index contributed by atoms with van der Waals surface area (Å²) in [5, 5.41) is 0. The second kappa shape index (κ2) is 9.08. The first-order valence-electron chi connectivity index (χ1n) is 11.5. The zero-order valence-corrected chi connectivity index (χ0v) is 18.5. The van der Waals surface area contributed by atoms with Crippen LogP contribution in [0.25, 0.3) is 11.0 Å². The SMILES string of the molecule is NC(=O)Cn1c(=O)n(C2CCN(C(c3ccccc3)c3ccccc3)CC2)c2ccccc21. The Morgan fingerprint density at radius 2 is 1.33 bits per heavy atom. The highest BCUT2D eigenvalue weighted by Gasteiger charge is 2.30. The molecule has 0 radical (unpaired) electrons. The normalized spacial score (nSPS) is 15.3. The van der Waals surface area contributed by atoms with E-state index in [2.05, 4.69) is 53.4 Å². The van der Waals surface area contributed by atoms with Crippen LogP contribution < -0.4 is 11.4 Å². The highest BCUT2D eigenvalue weighted by molar-refractivity contribution is 5.80. The van der Waals surface area contributed by atoms with Gasteiger partial charge in [-0.3, -0.25) is 18.8 Å². The lowest BCUT2D eigenvalue weighted by Crippen LogP contribution is -2.40. The van der Waals surface area contributed by atoms with Gasteiger partial charge >= 0.3 is 5.69 Å². The van der Waals surface area contributed by atoms with Gasteiger partial charge in [0.05, 0.1) is 17.1 Å². The fourth-order valence-corrected chi connectivity index (χ4v) is 5.18. The Labute approximate surface area is 192 Å². The highest BCUT2D eigenvalue weighted by Crippen LogP contribution is 2.34. The van der Waals surface area contributed by atoms with E-state index < -0.39 is 5.91 Å². The maximum atomic E-state index is 13.3. The van der Waals surface area contributed by atoms with Crippen molar-refractivity contribution in [2.24, 2.45) is 5.73 Å².